The first-order chi connectivity index (χ1) is 17.6. The number of hydrogen-bond donors (Lipinski definition) is 0. The predicted molar refractivity (Wildman–Crippen MR) is 125 cm³/mol. The van der Waals surface area contributed by atoms with Crippen molar-refractivity contribution in [2.24, 2.45) is 5.10 Å². The number of anilines is 1. The van der Waals surface area contributed by atoms with E-state index in [2.05, 4.69) is 5.10 Å². The second kappa shape index (κ2) is 9.94. The molecule has 12 heteroatoms. The zero-order valence-corrected chi connectivity index (χ0v) is 20.1. The molecule has 0 spiro atoms. The third kappa shape index (κ3) is 4.61. The summed E-state index contributed by atoms with van der Waals surface area (Å²) in [5.41, 5.74) is 0.620. The quantitative estimate of drug-likeness (QED) is 0.427. The minimum absolute atomic E-state index is 0.111. The molecular formula is C25H22F3N5O4. The first kappa shape index (κ1) is 25.7. The van der Waals surface area contributed by atoms with Gasteiger partial charge in [0.25, 0.3) is 0 Å². The van der Waals surface area contributed by atoms with Crippen LogP contribution in [0.2, 0.25) is 0 Å². The molecule has 2 heterocycles. The number of nitriles is 1. The Balaban J connectivity index is 1.98. The Hall–Kier alpha value is -4.37. The van der Waals surface area contributed by atoms with Gasteiger partial charge in [-0.25, -0.2) is 9.80 Å². The molecule has 2 unspecified atom stereocenters. The topological polar surface area (TPSA) is 98.5 Å². The van der Waals surface area contributed by atoms with E-state index in [-0.39, 0.29) is 23.8 Å². The van der Waals surface area contributed by atoms with Gasteiger partial charge in [0.05, 0.1) is 35.9 Å². The smallest absolute Gasteiger partial charge is 0.416 e. The molecule has 0 bridgehead atoms. The number of methoxy groups -OCH3 is 1. The van der Waals surface area contributed by atoms with E-state index in [1.54, 1.807) is 43.1 Å². The molecule has 4 rings (SSSR count). The van der Waals surface area contributed by atoms with Crippen molar-refractivity contribution in [3.8, 4) is 6.07 Å². The summed E-state index contributed by atoms with van der Waals surface area (Å²) in [6.07, 6.45) is -5.02. The van der Waals surface area contributed by atoms with E-state index in [0.717, 1.165) is 12.1 Å². The number of allylic oxidation sites excluding steroid dienone is 1. The molecule has 0 saturated heterocycles. The van der Waals surface area contributed by atoms with Crippen LogP contribution < -0.4 is 4.90 Å². The molecule has 192 valence electrons. The average Bonchev–Trinajstić information content (AvgIpc) is 3.20. The van der Waals surface area contributed by atoms with Crippen LogP contribution in [0.15, 0.2) is 64.9 Å². The maximum Gasteiger partial charge on any atom is 0.416 e. The summed E-state index contributed by atoms with van der Waals surface area (Å²) in [6, 6.07) is 12.3. The van der Waals surface area contributed by atoms with Crippen LogP contribution in [0.3, 0.4) is 0 Å². The number of ether oxygens (including phenoxy) is 2. The van der Waals surface area contributed by atoms with E-state index in [1.165, 1.54) is 29.2 Å². The summed E-state index contributed by atoms with van der Waals surface area (Å²) >= 11 is 0. The number of rotatable bonds is 6. The summed E-state index contributed by atoms with van der Waals surface area (Å²) in [7, 11) is 2.78. The van der Waals surface area contributed by atoms with Gasteiger partial charge in [-0.1, -0.05) is 18.2 Å². The standard InChI is InChI=1S/C25H22F3N5O4/c1-15-20(22(35)36-3)21(17-9-7-16(14-29)8-10-17)33-23(30-31(2)24(33)37-12-11-34)32(15)19-6-4-5-18(13-19)25(26,27)28/h4-11,13,21,24H,12H2,1-3H3. The lowest BCUT2D eigenvalue weighted by Gasteiger charge is -2.44. The molecule has 2 aliphatic rings. The fraction of sp³-hybridized carbons (Fsp3) is 0.280. The van der Waals surface area contributed by atoms with Crippen molar-refractivity contribution < 1.29 is 32.2 Å². The van der Waals surface area contributed by atoms with Gasteiger partial charge >= 0.3 is 12.1 Å². The maximum atomic E-state index is 13.5. The lowest BCUT2D eigenvalue weighted by Crippen LogP contribution is -2.54. The Morgan fingerprint density at radius 2 is 1.92 bits per heavy atom. The molecule has 0 radical (unpaired) electrons. The Labute approximate surface area is 210 Å². The Morgan fingerprint density at radius 3 is 2.51 bits per heavy atom. The van der Waals surface area contributed by atoms with Crippen LogP contribution in [-0.4, -0.2) is 55.2 Å². The van der Waals surface area contributed by atoms with Crippen LogP contribution in [-0.2, 0) is 25.2 Å². The highest BCUT2D eigenvalue weighted by Gasteiger charge is 2.49. The predicted octanol–water partition coefficient (Wildman–Crippen LogP) is 3.60. The number of hydrazone groups is 1. The van der Waals surface area contributed by atoms with Gasteiger partial charge in [0, 0.05) is 18.4 Å². The number of nitrogens with zero attached hydrogens (tertiary/aromatic N) is 5. The number of halogens is 3. The maximum absolute atomic E-state index is 13.5. The molecule has 2 aromatic rings. The Morgan fingerprint density at radius 1 is 1.22 bits per heavy atom. The van der Waals surface area contributed by atoms with Gasteiger partial charge in [-0.2, -0.15) is 18.4 Å². The van der Waals surface area contributed by atoms with Gasteiger partial charge in [-0.05, 0) is 42.8 Å². The molecule has 0 saturated carbocycles. The lowest BCUT2D eigenvalue weighted by atomic mass is 9.92. The van der Waals surface area contributed by atoms with Crippen molar-refractivity contribution >= 4 is 23.9 Å². The minimum atomic E-state index is -4.59. The first-order valence-electron chi connectivity index (χ1n) is 11.0. The molecule has 9 nitrogen and oxygen atoms in total. The number of fused-ring (bicyclic) bond motifs is 1. The molecule has 2 atom stereocenters. The summed E-state index contributed by atoms with van der Waals surface area (Å²) in [5, 5.41) is 15.1. The zero-order valence-electron chi connectivity index (χ0n) is 20.1. The lowest BCUT2D eigenvalue weighted by molar-refractivity contribution is -0.141. The highest BCUT2D eigenvalue weighted by molar-refractivity contribution is 6.06. The van der Waals surface area contributed by atoms with Gasteiger partial charge in [-0.3, -0.25) is 9.80 Å². The minimum Gasteiger partial charge on any atom is -0.466 e. The number of aldehydes is 1. The van der Waals surface area contributed by atoms with Crippen LogP contribution in [0, 0.1) is 11.3 Å². The average molecular weight is 513 g/mol. The fourth-order valence-corrected chi connectivity index (χ4v) is 4.41. The van der Waals surface area contributed by atoms with Gasteiger partial charge < -0.3 is 14.3 Å². The van der Waals surface area contributed by atoms with Crippen molar-refractivity contribution in [2.45, 2.75) is 25.5 Å². The van der Waals surface area contributed by atoms with Crippen LogP contribution in [0.5, 0.6) is 0 Å². The largest absolute Gasteiger partial charge is 0.466 e. The zero-order chi connectivity index (χ0) is 26.9. The molecular weight excluding hydrogens is 491 g/mol. The van der Waals surface area contributed by atoms with Gasteiger partial charge in [0.1, 0.15) is 12.9 Å². The number of benzene rings is 2. The van der Waals surface area contributed by atoms with E-state index in [0.29, 0.717) is 23.1 Å². The van der Waals surface area contributed by atoms with Crippen LogP contribution >= 0.6 is 0 Å². The molecule has 37 heavy (non-hydrogen) atoms. The number of esters is 1. The number of carbonyl (C=O) groups is 2. The molecule has 0 amide bonds. The van der Waals surface area contributed by atoms with Crippen molar-refractivity contribution in [3.63, 3.8) is 0 Å². The van der Waals surface area contributed by atoms with Gasteiger partial charge in [0.2, 0.25) is 12.3 Å². The van der Waals surface area contributed by atoms with E-state index in [4.69, 9.17) is 9.47 Å². The van der Waals surface area contributed by atoms with Gasteiger partial charge in [0.15, 0.2) is 0 Å². The van der Waals surface area contributed by atoms with Crippen molar-refractivity contribution in [2.75, 3.05) is 25.7 Å². The Kier molecular flexibility index (Phi) is 6.91. The van der Waals surface area contributed by atoms with E-state index < -0.39 is 30.1 Å². The summed E-state index contributed by atoms with van der Waals surface area (Å²) < 4.78 is 51.4. The summed E-state index contributed by atoms with van der Waals surface area (Å²) in [4.78, 5) is 27.3. The van der Waals surface area contributed by atoms with Crippen LogP contribution in [0.4, 0.5) is 18.9 Å². The highest BCUT2D eigenvalue weighted by Crippen LogP contribution is 2.44. The fourth-order valence-electron chi connectivity index (χ4n) is 4.41. The van der Waals surface area contributed by atoms with E-state index >= 15 is 0 Å². The van der Waals surface area contributed by atoms with E-state index in [1.807, 2.05) is 6.07 Å². The van der Waals surface area contributed by atoms with Gasteiger partial charge in [-0.15, -0.1) is 5.10 Å². The number of carbonyl (C=O) groups excluding carboxylic acids is 2. The molecule has 0 aliphatic carbocycles. The highest BCUT2D eigenvalue weighted by atomic mass is 19.4. The van der Waals surface area contributed by atoms with E-state index in [9.17, 15) is 28.0 Å². The Bertz CT molecular complexity index is 1320. The molecule has 0 fully saturated rings. The van der Waals surface area contributed by atoms with Crippen LogP contribution in [0.25, 0.3) is 0 Å². The number of guanidine groups is 1. The normalized spacial score (nSPS) is 19.4. The molecule has 0 N–H and O–H groups in total. The second-order valence-corrected chi connectivity index (χ2v) is 8.22. The second-order valence-electron chi connectivity index (χ2n) is 8.22. The number of alkyl halides is 3. The third-order valence-electron chi connectivity index (χ3n) is 6.02. The molecule has 0 aromatic heterocycles. The molecule has 2 aromatic carbocycles. The SMILES string of the molecule is COC(=O)C1=C(C)N(c2cccc(C(F)(F)F)c2)C2=NN(C)C(OCC=O)N2C1c1ccc(C#N)cc1. The first-order valence-corrected chi connectivity index (χ1v) is 11.0. The monoisotopic (exact) mass is 513 g/mol. The summed E-state index contributed by atoms with van der Waals surface area (Å²) in [5.74, 6) is -0.538. The van der Waals surface area contributed by atoms with Crippen molar-refractivity contribution in [3.05, 3.63) is 76.5 Å². The van der Waals surface area contributed by atoms with Crippen molar-refractivity contribution in [1.29, 1.82) is 5.26 Å². The number of hydrogen-bond acceptors (Lipinski definition) is 9. The molecule has 2 aliphatic heterocycles. The van der Waals surface area contributed by atoms with Crippen LogP contribution in [0.1, 0.15) is 29.7 Å². The summed E-state index contributed by atoms with van der Waals surface area (Å²) in [6.45, 7) is 1.29. The third-order valence-corrected chi connectivity index (χ3v) is 6.02. The van der Waals surface area contributed by atoms with Crippen molar-refractivity contribution in [1.82, 2.24) is 9.91 Å².